The van der Waals surface area contributed by atoms with E-state index in [0.29, 0.717) is 10.2 Å². The van der Waals surface area contributed by atoms with Gasteiger partial charge in [-0.15, -0.1) is 0 Å². The first-order valence-electron chi connectivity index (χ1n) is 5.12. The van der Waals surface area contributed by atoms with Crippen LogP contribution in [0.2, 0.25) is 0 Å². The topological polar surface area (TPSA) is 81.5 Å². The quantitative estimate of drug-likeness (QED) is 0.666. The van der Waals surface area contributed by atoms with Gasteiger partial charge in [-0.1, -0.05) is 15.9 Å². The average molecular weight is 317 g/mol. The second-order valence-corrected chi connectivity index (χ2v) is 5.50. The highest BCUT2D eigenvalue weighted by Crippen LogP contribution is 2.24. The lowest BCUT2D eigenvalue weighted by molar-refractivity contribution is -0.384. The maximum absolute atomic E-state index is 11.5. The van der Waals surface area contributed by atoms with Gasteiger partial charge in [0.1, 0.15) is 5.60 Å². The number of amides is 1. The highest BCUT2D eigenvalue weighted by Gasteiger charge is 2.17. The molecule has 0 bridgehead atoms. The first-order chi connectivity index (χ1) is 8.17. The third-order valence-electron chi connectivity index (χ3n) is 1.74. The molecule has 1 aromatic rings. The zero-order valence-corrected chi connectivity index (χ0v) is 11.8. The minimum Gasteiger partial charge on any atom is -0.444 e. The number of non-ortho nitro benzene ring substituents is 1. The number of hydrogen-bond donors (Lipinski definition) is 1. The summed E-state index contributed by atoms with van der Waals surface area (Å²) >= 11 is 3.14. The number of benzene rings is 1. The molecule has 1 aromatic carbocycles. The molecular formula is C11H13BrN2O4. The third-order valence-corrected chi connectivity index (χ3v) is 2.20. The second-order valence-electron chi connectivity index (χ2n) is 4.58. The van der Waals surface area contributed by atoms with Gasteiger partial charge in [0.05, 0.1) is 10.6 Å². The molecule has 0 aromatic heterocycles. The molecule has 0 aliphatic rings. The van der Waals surface area contributed by atoms with Gasteiger partial charge >= 0.3 is 6.09 Å². The number of hydrogen-bond acceptors (Lipinski definition) is 4. The molecule has 1 amide bonds. The number of nitro groups is 1. The van der Waals surface area contributed by atoms with Gasteiger partial charge in [0.25, 0.3) is 5.69 Å². The summed E-state index contributed by atoms with van der Waals surface area (Å²) in [6, 6.07) is 4.16. The van der Waals surface area contributed by atoms with E-state index in [1.54, 1.807) is 26.8 Å². The summed E-state index contributed by atoms with van der Waals surface area (Å²) in [7, 11) is 0. The molecule has 1 N–H and O–H groups in total. The molecule has 6 nitrogen and oxygen atoms in total. The number of halogens is 1. The molecule has 0 unspecified atom stereocenters. The van der Waals surface area contributed by atoms with E-state index in [1.807, 2.05) is 0 Å². The Hall–Kier alpha value is -1.63. The van der Waals surface area contributed by atoms with Gasteiger partial charge in [-0.05, 0) is 26.8 Å². The average Bonchev–Trinajstić information content (AvgIpc) is 2.12. The van der Waals surface area contributed by atoms with Crippen molar-refractivity contribution in [3.8, 4) is 0 Å². The highest BCUT2D eigenvalue weighted by atomic mass is 79.9. The molecule has 98 valence electrons. The molecule has 0 atom stereocenters. The van der Waals surface area contributed by atoms with E-state index in [9.17, 15) is 14.9 Å². The number of carbonyl (C=O) groups is 1. The van der Waals surface area contributed by atoms with Gasteiger partial charge in [-0.25, -0.2) is 4.79 Å². The molecule has 7 heteroatoms. The first kappa shape index (κ1) is 14.4. The molecule has 0 saturated carbocycles. The molecule has 0 radical (unpaired) electrons. The van der Waals surface area contributed by atoms with Crippen LogP contribution in [0.15, 0.2) is 22.7 Å². The number of nitrogens with one attached hydrogen (secondary N) is 1. The number of ether oxygens (including phenoxy) is 1. The molecule has 0 heterocycles. The lowest BCUT2D eigenvalue weighted by Crippen LogP contribution is -2.27. The Kier molecular flexibility index (Phi) is 4.28. The van der Waals surface area contributed by atoms with E-state index in [-0.39, 0.29) is 5.69 Å². The standard InChI is InChI=1S/C11H13BrN2O4/c1-11(2,3)18-10(15)13-8-4-7(12)5-9(6-8)14(16)17/h4-6H,1-3H3,(H,13,15). The van der Waals surface area contributed by atoms with Gasteiger partial charge in [0.15, 0.2) is 0 Å². The zero-order chi connectivity index (χ0) is 13.9. The highest BCUT2D eigenvalue weighted by molar-refractivity contribution is 9.10. The van der Waals surface area contributed by atoms with Crippen LogP contribution >= 0.6 is 15.9 Å². The van der Waals surface area contributed by atoms with Crippen LogP contribution in [-0.4, -0.2) is 16.6 Å². The molecule has 0 aliphatic heterocycles. The molecule has 0 saturated heterocycles. The van der Waals surface area contributed by atoms with E-state index in [2.05, 4.69) is 21.2 Å². The Morgan fingerprint density at radius 2 is 2.00 bits per heavy atom. The summed E-state index contributed by atoms with van der Waals surface area (Å²) in [5.41, 5.74) is -0.442. The Labute approximate surface area is 113 Å². The number of anilines is 1. The Morgan fingerprint density at radius 3 is 2.50 bits per heavy atom. The number of nitrogens with zero attached hydrogens (tertiary/aromatic N) is 1. The van der Waals surface area contributed by atoms with Crippen LogP contribution in [0.5, 0.6) is 0 Å². The second kappa shape index (κ2) is 5.34. The van der Waals surface area contributed by atoms with Crippen molar-refractivity contribution < 1.29 is 14.5 Å². The normalized spacial score (nSPS) is 10.9. The number of carbonyl (C=O) groups excluding carboxylic acids is 1. The summed E-state index contributed by atoms with van der Waals surface area (Å²) in [4.78, 5) is 21.6. The summed E-state index contributed by atoms with van der Waals surface area (Å²) in [5, 5.41) is 13.1. The van der Waals surface area contributed by atoms with Gasteiger partial charge in [-0.2, -0.15) is 0 Å². The Balaban J connectivity index is 2.85. The van der Waals surface area contributed by atoms with Crippen molar-refractivity contribution in [2.75, 3.05) is 5.32 Å². The first-order valence-corrected chi connectivity index (χ1v) is 5.92. The van der Waals surface area contributed by atoms with Crippen molar-refractivity contribution in [2.45, 2.75) is 26.4 Å². The van der Waals surface area contributed by atoms with E-state index in [4.69, 9.17) is 4.74 Å². The molecular weight excluding hydrogens is 304 g/mol. The molecule has 1 rings (SSSR count). The van der Waals surface area contributed by atoms with E-state index >= 15 is 0 Å². The van der Waals surface area contributed by atoms with Crippen LogP contribution in [0.4, 0.5) is 16.2 Å². The van der Waals surface area contributed by atoms with Crippen molar-refractivity contribution in [1.29, 1.82) is 0 Å². The van der Waals surface area contributed by atoms with Gasteiger partial charge in [-0.3, -0.25) is 15.4 Å². The van der Waals surface area contributed by atoms with E-state index < -0.39 is 16.6 Å². The lowest BCUT2D eigenvalue weighted by atomic mass is 10.2. The van der Waals surface area contributed by atoms with E-state index in [1.165, 1.54) is 12.1 Å². The fraction of sp³-hybridized carbons (Fsp3) is 0.364. The van der Waals surface area contributed by atoms with Gasteiger partial charge in [0.2, 0.25) is 0 Å². The number of nitro benzene ring substituents is 1. The lowest BCUT2D eigenvalue weighted by Gasteiger charge is -2.19. The largest absolute Gasteiger partial charge is 0.444 e. The monoisotopic (exact) mass is 316 g/mol. The summed E-state index contributed by atoms with van der Waals surface area (Å²) in [6.07, 6.45) is -0.658. The maximum atomic E-state index is 11.5. The van der Waals surface area contributed by atoms with Crippen LogP contribution in [0.1, 0.15) is 20.8 Å². The van der Waals surface area contributed by atoms with Crippen molar-refractivity contribution >= 4 is 33.4 Å². The van der Waals surface area contributed by atoms with Gasteiger partial charge in [0, 0.05) is 16.6 Å². The Morgan fingerprint density at radius 1 is 1.39 bits per heavy atom. The van der Waals surface area contributed by atoms with E-state index in [0.717, 1.165) is 0 Å². The van der Waals surface area contributed by atoms with Crippen molar-refractivity contribution in [3.63, 3.8) is 0 Å². The van der Waals surface area contributed by atoms with Crippen LogP contribution in [0.3, 0.4) is 0 Å². The smallest absolute Gasteiger partial charge is 0.412 e. The summed E-state index contributed by atoms with van der Waals surface area (Å²) < 4.78 is 5.55. The molecule has 18 heavy (non-hydrogen) atoms. The minimum absolute atomic E-state index is 0.115. The third kappa shape index (κ3) is 4.70. The van der Waals surface area contributed by atoms with Crippen LogP contribution < -0.4 is 5.32 Å². The minimum atomic E-state index is -0.658. The van der Waals surface area contributed by atoms with Crippen molar-refractivity contribution in [3.05, 3.63) is 32.8 Å². The fourth-order valence-electron chi connectivity index (χ4n) is 1.17. The van der Waals surface area contributed by atoms with Crippen molar-refractivity contribution in [1.82, 2.24) is 0 Å². The van der Waals surface area contributed by atoms with Crippen LogP contribution in [0.25, 0.3) is 0 Å². The molecule has 0 spiro atoms. The fourth-order valence-corrected chi connectivity index (χ4v) is 1.65. The maximum Gasteiger partial charge on any atom is 0.412 e. The predicted octanol–water partition coefficient (Wildman–Crippen LogP) is 3.70. The van der Waals surface area contributed by atoms with Crippen molar-refractivity contribution in [2.24, 2.45) is 0 Å². The molecule has 0 fully saturated rings. The zero-order valence-electron chi connectivity index (χ0n) is 10.2. The summed E-state index contributed by atoms with van der Waals surface area (Å²) in [5.74, 6) is 0. The van der Waals surface area contributed by atoms with Crippen LogP contribution in [0, 0.1) is 10.1 Å². The summed E-state index contributed by atoms with van der Waals surface area (Å²) in [6.45, 7) is 5.20. The number of rotatable bonds is 2. The predicted molar refractivity (Wildman–Crippen MR) is 70.7 cm³/mol. The SMILES string of the molecule is CC(C)(C)OC(=O)Nc1cc(Br)cc([N+](=O)[O-])c1. The van der Waals surface area contributed by atoms with Crippen LogP contribution in [-0.2, 0) is 4.74 Å². The van der Waals surface area contributed by atoms with Gasteiger partial charge < -0.3 is 4.74 Å². The Bertz CT molecular complexity index is 482. The molecule has 0 aliphatic carbocycles.